The summed E-state index contributed by atoms with van der Waals surface area (Å²) in [4.78, 5) is 12.1. The minimum Gasteiger partial charge on any atom is -0.102 e. The zero-order chi connectivity index (χ0) is 10.2. The maximum atomic E-state index is 11.0. The first kappa shape index (κ1) is 12.4. The summed E-state index contributed by atoms with van der Waals surface area (Å²) in [6, 6.07) is 0. The Morgan fingerprint density at radius 2 is 0.769 bits per heavy atom. The van der Waals surface area contributed by atoms with Gasteiger partial charge in [-0.25, -0.2) is 0 Å². The molecular weight excluding hydrogens is 216 g/mol. The molecule has 0 bridgehead atoms. The van der Waals surface area contributed by atoms with Crippen LogP contribution in [0, 0.1) is 0 Å². The van der Waals surface area contributed by atoms with Gasteiger partial charge >= 0.3 is 6.16 Å². The standard InChI is InChI=1S/CF4O8/c2-10-6-1(7-11-3,8-12-4)9-13-5. The second kappa shape index (κ2) is 6.87. The summed E-state index contributed by atoms with van der Waals surface area (Å²) in [7, 11) is 0. The monoisotopic (exact) mass is 216 g/mol. The lowest BCUT2D eigenvalue weighted by atomic mass is 11.1. The van der Waals surface area contributed by atoms with Crippen LogP contribution >= 0.6 is 0 Å². The number of hydrogen-bond acceptors (Lipinski definition) is 8. The van der Waals surface area contributed by atoms with E-state index in [1.54, 1.807) is 0 Å². The quantitative estimate of drug-likeness (QED) is 0.256. The van der Waals surface area contributed by atoms with Crippen molar-refractivity contribution in [2.24, 2.45) is 0 Å². The van der Waals surface area contributed by atoms with Crippen molar-refractivity contribution in [3.05, 3.63) is 0 Å². The smallest absolute Gasteiger partial charge is 0.102 e. The highest BCUT2D eigenvalue weighted by atomic mass is 19.3. The highest BCUT2D eigenvalue weighted by Crippen LogP contribution is 2.20. The lowest BCUT2D eigenvalue weighted by Crippen LogP contribution is -2.40. The molecule has 8 nitrogen and oxygen atoms in total. The lowest BCUT2D eigenvalue weighted by molar-refractivity contribution is -0.790. The van der Waals surface area contributed by atoms with E-state index in [0.29, 0.717) is 0 Å². The average Bonchev–Trinajstić information content (AvgIpc) is 2.06. The van der Waals surface area contributed by atoms with Crippen LogP contribution in [0.15, 0.2) is 0 Å². The van der Waals surface area contributed by atoms with Crippen LogP contribution < -0.4 is 0 Å². The average molecular weight is 216 g/mol. The van der Waals surface area contributed by atoms with Gasteiger partial charge in [0.1, 0.15) is 0 Å². The fraction of sp³-hybridized carbons (Fsp3) is 1.00. The molecule has 0 atom stereocenters. The molecule has 0 N–H and O–H groups in total. The van der Waals surface area contributed by atoms with Crippen molar-refractivity contribution in [2.45, 2.75) is 6.16 Å². The van der Waals surface area contributed by atoms with Crippen LogP contribution in [-0.4, -0.2) is 6.16 Å². The van der Waals surface area contributed by atoms with E-state index in [0.717, 1.165) is 0 Å². The minimum absolute atomic E-state index is 2.25. The molecule has 0 radical (unpaired) electrons. The Hall–Kier alpha value is -0.600. The maximum Gasteiger partial charge on any atom is 0.529 e. The predicted molar refractivity (Wildman–Crippen MR) is 15.8 cm³/mol. The third-order valence-electron chi connectivity index (χ3n) is 0.534. The summed E-state index contributed by atoms with van der Waals surface area (Å²) in [5.74, 6) is 0. The zero-order valence-electron chi connectivity index (χ0n) is 5.28. The van der Waals surface area contributed by atoms with E-state index in [-0.39, 0.29) is 0 Å². The Kier molecular flexibility index (Phi) is 6.55. The summed E-state index contributed by atoms with van der Waals surface area (Å²) in [5, 5.41) is 9.00. The van der Waals surface area contributed by atoms with Gasteiger partial charge in [0.05, 0.1) is 0 Å². The van der Waals surface area contributed by atoms with Gasteiger partial charge in [-0.15, -0.1) is 19.6 Å². The summed E-state index contributed by atoms with van der Waals surface area (Å²) in [5.41, 5.74) is 0. The first-order valence-electron chi connectivity index (χ1n) is 2.10. The first-order chi connectivity index (χ1) is 6.24. The van der Waals surface area contributed by atoms with Gasteiger partial charge in [0.2, 0.25) is 0 Å². The van der Waals surface area contributed by atoms with E-state index in [1.807, 2.05) is 0 Å². The molecule has 12 heteroatoms. The van der Waals surface area contributed by atoms with Crippen molar-refractivity contribution in [3.8, 4) is 0 Å². The van der Waals surface area contributed by atoms with Crippen LogP contribution in [0.1, 0.15) is 0 Å². The largest absolute Gasteiger partial charge is 0.529 e. The van der Waals surface area contributed by atoms with Crippen LogP contribution in [-0.2, 0) is 39.9 Å². The molecule has 13 heavy (non-hydrogen) atoms. The Morgan fingerprint density at radius 1 is 0.538 bits per heavy atom. The van der Waals surface area contributed by atoms with E-state index in [2.05, 4.69) is 39.9 Å². The van der Waals surface area contributed by atoms with Gasteiger partial charge in [-0.2, -0.15) is 0 Å². The minimum atomic E-state index is -3.69. The second-order valence-corrected chi connectivity index (χ2v) is 1.09. The van der Waals surface area contributed by atoms with Gasteiger partial charge in [0.25, 0.3) is 0 Å². The molecule has 0 aliphatic carbocycles. The van der Waals surface area contributed by atoms with E-state index >= 15 is 0 Å². The number of rotatable bonds is 8. The molecule has 0 spiro atoms. The molecule has 80 valence electrons. The molecule has 0 amide bonds. The van der Waals surface area contributed by atoms with E-state index in [1.165, 1.54) is 0 Å². The maximum absolute atomic E-state index is 11.0. The molecule has 0 aliphatic heterocycles. The topological polar surface area (TPSA) is 73.8 Å². The fourth-order valence-corrected chi connectivity index (χ4v) is 0.238. The summed E-state index contributed by atoms with van der Waals surface area (Å²) >= 11 is 0. The Bertz CT molecular complexity index is 91.2. The van der Waals surface area contributed by atoms with Crippen LogP contribution in [0.3, 0.4) is 0 Å². The molecule has 0 saturated heterocycles. The molecule has 0 unspecified atom stereocenters. The molecule has 0 fully saturated rings. The third-order valence-corrected chi connectivity index (χ3v) is 0.534. The third kappa shape index (κ3) is 4.25. The molecule has 0 aromatic heterocycles. The van der Waals surface area contributed by atoms with Gasteiger partial charge < -0.3 is 0 Å². The fourth-order valence-electron chi connectivity index (χ4n) is 0.238. The summed E-state index contributed by atoms with van der Waals surface area (Å²) < 4.78 is 43.8. The molecule has 0 saturated carbocycles. The van der Waals surface area contributed by atoms with Crippen molar-refractivity contribution in [2.75, 3.05) is 0 Å². The second-order valence-electron chi connectivity index (χ2n) is 1.09. The van der Waals surface area contributed by atoms with Crippen molar-refractivity contribution in [1.29, 1.82) is 0 Å². The van der Waals surface area contributed by atoms with Crippen LogP contribution in [0.25, 0.3) is 0 Å². The Labute approximate surface area is 65.6 Å². The Morgan fingerprint density at radius 3 is 0.923 bits per heavy atom. The van der Waals surface area contributed by atoms with Crippen molar-refractivity contribution >= 4 is 0 Å². The van der Waals surface area contributed by atoms with Gasteiger partial charge in [-0.1, -0.05) is 0 Å². The molecule has 0 aromatic carbocycles. The lowest BCUT2D eigenvalue weighted by Gasteiger charge is -2.17. The molecule has 0 aliphatic rings. The van der Waals surface area contributed by atoms with Gasteiger partial charge in [-0.05, 0) is 38.5 Å². The molecule has 0 rings (SSSR count). The molecule has 0 aromatic rings. The number of hydrogen-bond donors (Lipinski definition) is 0. The highest BCUT2D eigenvalue weighted by Gasteiger charge is 2.46. The SMILES string of the molecule is FOOC(OOF)(OOF)OOF. The van der Waals surface area contributed by atoms with Gasteiger partial charge in [0.15, 0.2) is 0 Å². The number of halogens is 4. The van der Waals surface area contributed by atoms with Gasteiger partial charge in [-0.3, -0.25) is 0 Å². The van der Waals surface area contributed by atoms with Crippen molar-refractivity contribution in [1.82, 2.24) is 0 Å². The normalized spacial score (nSPS) is 12.0. The zero-order valence-corrected chi connectivity index (χ0v) is 5.28. The predicted octanol–water partition coefficient (Wildman–Crippen LogP) is 0.928. The van der Waals surface area contributed by atoms with E-state index in [9.17, 15) is 18.1 Å². The van der Waals surface area contributed by atoms with Crippen LogP contribution in [0.2, 0.25) is 0 Å². The summed E-state index contributed by atoms with van der Waals surface area (Å²) in [6.07, 6.45) is -3.69. The van der Waals surface area contributed by atoms with Crippen LogP contribution in [0.5, 0.6) is 0 Å². The first-order valence-corrected chi connectivity index (χ1v) is 2.10. The van der Waals surface area contributed by atoms with E-state index in [4.69, 9.17) is 0 Å². The molecule has 0 heterocycles. The van der Waals surface area contributed by atoms with Crippen LogP contribution in [0.4, 0.5) is 18.1 Å². The highest BCUT2D eigenvalue weighted by molar-refractivity contribution is 4.19. The Balaban J connectivity index is 4.19. The van der Waals surface area contributed by atoms with Crippen molar-refractivity contribution < 1.29 is 58.0 Å². The van der Waals surface area contributed by atoms with Gasteiger partial charge in [0, 0.05) is 0 Å². The van der Waals surface area contributed by atoms with Crippen molar-refractivity contribution in [3.63, 3.8) is 0 Å². The molecular formula is CF4O8. The summed E-state index contributed by atoms with van der Waals surface area (Å²) in [6.45, 7) is 0. The van der Waals surface area contributed by atoms with E-state index < -0.39 is 6.16 Å².